The number of aryl methyl sites for hydroxylation is 2. The van der Waals surface area contributed by atoms with Crippen LogP contribution in [-0.4, -0.2) is 37.4 Å². The molecule has 0 saturated heterocycles. The van der Waals surface area contributed by atoms with Crippen LogP contribution in [0, 0.1) is 19.8 Å². The third-order valence-electron chi connectivity index (χ3n) is 2.88. The molecule has 2 N–H and O–H groups in total. The van der Waals surface area contributed by atoms with Crippen molar-refractivity contribution in [3.8, 4) is 0 Å². The van der Waals surface area contributed by atoms with Crippen molar-refractivity contribution in [1.82, 2.24) is 10.3 Å². The van der Waals surface area contributed by atoms with E-state index in [1.54, 1.807) is 19.9 Å². The van der Waals surface area contributed by atoms with E-state index in [-0.39, 0.29) is 29.5 Å². The molecule has 6 nitrogen and oxygen atoms in total. The summed E-state index contributed by atoms with van der Waals surface area (Å²) in [4.78, 5) is 26.3. The Hall–Kier alpha value is -1.63. The molecule has 0 fully saturated rings. The number of hydrogen-bond donors (Lipinski definition) is 2. The summed E-state index contributed by atoms with van der Waals surface area (Å²) < 4.78 is 23.4. The molecule has 1 rings (SSSR count). The lowest BCUT2D eigenvalue weighted by atomic mass is 10.1. The minimum absolute atomic E-state index is 0.000638. The van der Waals surface area contributed by atoms with Gasteiger partial charge in [0.15, 0.2) is 9.84 Å². The first-order valence-corrected chi connectivity index (χ1v) is 8.63. The van der Waals surface area contributed by atoms with Gasteiger partial charge in [-0.3, -0.25) is 9.59 Å². The molecule has 0 saturated carbocycles. The summed E-state index contributed by atoms with van der Waals surface area (Å²) in [5, 5.41) is 2.49. The number of amides is 1. The highest BCUT2D eigenvalue weighted by atomic mass is 32.2. The van der Waals surface area contributed by atoms with E-state index in [2.05, 4.69) is 10.3 Å². The number of hydrogen-bond acceptors (Lipinski definition) is 4. The Morgan fingerprint density at radius 3 is 2.48 bits per heavy atom. The fourth-order valence-corrected chi connectivity index (χ4v) is 3.73. The molecule has 0 atom stereocenters. The van der Waals surface area contributed by atoms with Gasteiger partial charge in [0, 0.05) is 12.2 Å². The van der Waals surface area contributed by atoms with Gasteiger partial charge < -0.3 is 10.3 Å². The van der Waals surface area contributed by atoms with Crippen molar-refractivity contribution in [3.05, 3.63) is 33.2 Å². The van der Waals surface area contributed by atoms with E-state index in [0.29, 0.717) is 11.3 Å². The molecule has 0 aliphatic heterocycles. The molecule has 0 spiro atoms. The average molecular weight is 314 g/mol. The second-order valence-corrected chi connectivity index (χ2v) is 7.83. The maximum Gasteiger partial charge on any atom is 0.261 e. The Bertz CT molecular complexity index is 675. The van der Waals surface area contributed by atoms with E-state index in [4.69, 9.17) is 0 Å². The minimum atomic E-state index is -3.19. The largest absolute Gasteiger partial charge is 0.351 e. The fraction of sp³-hybridized carbons (Fsp3) is 0.571. The zero-order chi connectivity index (χ0) is 16.2. The first kappa shape index (κ1) is 17.4. The molecule has 0 aliphatic carbocycles. The summed E-state index contributed by atoms with van der Waals surface area (Å²) in [6.07, 6.45) is 0. The highest BCUT2D eigenvalue weighted by Crippen LogP contribution is 2.04. The number of aromatic nitrogens is 1. The van der Waals surface area contributed by atoms with Crippen LogP contribution in [0.4, 0.5) is 0 Å². The molecular weight excluding hydrogens is 292 g/mol. The topological polar surface area (TPSA) is 96.1 Å². The Labute approximate surface area is 124 Å². The molecule has 0 bridgehead atoms. The molecule has 1 amide bonds. The van der Waals surface area contributed by atoms with Crippen molar-refractivity contribution in [3.63, 3.8) is 0 Å². The summed E-state index contributed by atoms with van der Waals surface area (Å²) in [5.74, 6) is -0.534. The maximum atomic E-state index is 12.0. The number of carbonyl (C=O) groups excluding carboxylic acids is 1. The first-order chi connectivity index (χ1) is 9.62. The standard InChI is InChI=1S/C14H22N2O4S/c1-9(2)8-21(19,20)6-5-15-13(17)12-10(3)7-11(4)16-14(12)18/h7,9H,5-6,8H2,1-4H3,(H,15,17)(H,16,18). The number of pyridine rings is 1. The lowest BCUT2D eigenvalue weighted by Gasteiger charge is -2.09. The van der Waals surface area contributed by atoms with Crippen molar-refractivity contribution < 1.29 is 13.2 Å². The van der Waals surface area contributed by atoms with Gasteiger partial charge in [-0.1, -0.05) is 13.8 Å². The summed E-state index contributed by atoms with van der Waals surface area (Å²) in [5.41, 5.74) is 0.809. The summed E-state index contributed by atoms with van der Waals surface area (Å²) >= 11 is 0. The van der Waals surface area contributed by atoms with Gasteiger partial charge in [0.1, 0.15) is 5.56 Å². The predicted octanol–water partition coefficient (Wildman–Crippen LogP) is 0.792. The fourth-order valence-electron chi connectivity index (χ4n) is 2.14. The zero-order valence-electron chi connectivity index (χ0n) is 12.8. The summed E-state index contributed by atoms with van der Waals surface area (Å²) in [6.45, 7) is 7.05. The van der Waals surface area contributed by atoms with Crippen LogP contribution in [-0.2, 0) is 9.84 Å². The van der Waals surface area contributed by atoms with Crippen molar-refractivity contribution in [2.45, 2.75) is 27.7 Å². The van der Waals surface area contributed by atoms with Gasteiger partial charge in [0.25, 0.3) is 11.5 Å². The van der Waals surface area contributed by atoms with Gasteiger partial charge in [0.05, 0.1) is 11.5 Å². The molecular formula is C14H22N2O4S. The number of sulfone groups is 1. The third kappa shape index (κ3) is 5.34. The van der Waals surface area contributed by atoms with Gasteiger partial charge in [-0.25, -0.2) is 8.42 Å². The van der Waals surface area contributed by atoms with E-state index >= 15 is 0 Å². The molecule has 0 aromatic carbocycles. The monoisotopic (exact) mass is 314 g/mol. The van der Waals surface area contributed by atoms with E-state index in [9.17, 15) is 18.0 Å². The first-order valence-electron chi connectivity index (χ1n) is 6.81. The second kappa shape index (κ2) is 6.89. The van der Waals surface area contributed by atoms with Gasteiger partial charge in [-0.05, 0) is 31.4 Å². The Balaban J connectivity index is 2.70. The number of nitrogens with one attached hydrogen (secondary N) is 2. The molecule has 21 heavy (non-hydrogen) atoms. The normalized spacial score (nSPS) is 11.7. The Morgan fingerprint density at radius 1 is 1.33 bits per heavy atom. The Morgan fingerprint density at radius 2 is 1.95 bits per heavy atom. The van der Waals surface area contributed by atoms with Gasteiger partial charge in [0.2, 0.25) is 0 Å². The SMILES string of the molecule is Cc1cc(C)c(C(=O)NCCS(=O)(=O)CC(C)C)c(=O)[nH]1. The van der Waals surface area contributed by atoms with E-state index in [0.717, 1.165) is 0 Å². The van der Waals surface area contributed by atoms with Crippen LogP contribution < -0.4 is 10.9 Å². The number of H-pyrrole nitrogens is 1. The Kier molecular flexibility index (Phi) is 5.71. The molecule has 7 heteroatoms. The van der Waals surface area contributed by atoms with E-state index in [1.807, 2.05) is 13.8 Å². The molecule has 1 aromatic heterocycles. The summed E-state index contributed by atoms with van der Waals surface area (Å²) in [7, 11) is -3.19. The van der Waals surface area contributed by atoms with Crippen molar-refractivity contribution in [1.29, 1.82) is 0 Å². The van der Waals surface area contributed by atoms with Crippen LogP contribution in [0.5, 0.6) is 0 Å². The molecule has 1 heterocycles. The average Bonchev–Trinajstić information content (AvgIpc) is 2.24. The number of aromatic amines is 1. The van der Waals surface area contributed by atoms with Crippen molar-refractivity contribution in [2.75, 3.05) is 18.1 Å². The van der Waals surface area contributed by atoms with Gasteiger partial charge in [-0.2, -0.15) is 0 Å². The molecule has 0 radical (unpaired) electrons. The molecule has 0 unspecified atom stereocenters. The van der Waals surface area contributed by atoms with Crippen LogP contribution in [0.25, 0.3) is 0 Å². The second-order valence-electron chi connectivity index (χ2n) is 5.60. The quantitative estimate of drug-likeness (QED) is 0.811. The van der Waals surface area contributed by atoms with Crippen LogP contribution in [0.2, 0.25) is 0 Å². The van der Waals surface area contributed by atoms with Crippen LogP contribution in [0.15, 0.2) is 10.9 Å². The lowest BCUT2D eigenvalue weighted by Crippen LogP contribution is -2.34. The molecule has 118 valence electrons. The van der Waals surface area contributed by atoms with Crippen LogP contribution >= 0.6 is 0 Å². The number of carbonyl (C=O) groups is 1. The zero-order valence-corrected chi connectivity index (χ0v) is 13.6. The third-order valence-corrected chi connectivity index (χ3v) is 4.88. The van der Waals surface area contributed by atoms with Gasteiger partial charge in [-0.15, -0.1) is 0 Å². The van der Waals surface area contributed by atoms with Crippen molar-refractivity contribution >= 4 is 15.7 Å². The highest BCUT2D eigenvalue weighted by Gasteiger charge is 2.16. The van der Waals surface area contributed by atoms with Crippen LogP contribution in [0.1, 0.15) is 35.5 Å². The smallest absolute Gasteiger partial charge is 0.261 e. The minimum Gasteiger partial charge on any atom is -0.351 e. The van der Waals surface area contributed by atoms with E-state index in [1.165, 1.54) is 0 Å². The predicted molar refractivity (Wildman–Crippen MR) is 82.4 cm³/mol. The van der Waals surface area contributed by atoms with E-state index < -0.39 is 21.3 Å². The summed E-state index contributed by atoms with van der Waals surface area (Å²) in [6, 6.07) is 1.70. The number of rotatable bonds is 6. The van der Waals surface area contributed by atoms with Crippen LogP contribution in [0.3, 0.4) is 0 Å². The molecule has 0 aliphatic rings. The lowest BCUT2D eigenvalue weighted by molar-refractivity contribution is 0.0954. The maximum absolute atomic E-state index is 12.0. The van der Waals surface area contributed by atoms with Crippen molar-refractivity contribution in [2.24, 2.45) is 5.92 Å². The molecule has 1 aromatic rings. The van der Waals surface area contributed by atoms with Gasteiger partial charge >= 0.3 is 0 Å². The highest BCUT2D eigenvalue weighted by molar-refractivity contribution is 7.91.